The Bertz CT molecular complexity index is 775. The van der Waals surface area contributed by atoms with Gasteiger partial charge in [-0.2, -0.15) is 16.7 Å². The Morgan fingerprint density at radius 2 is 2.00 bits per heavy atom. The first-order valence-electron chi connectivity index (χ1n) is 8.29. The Hall–Kier alpha value is -2.48. The lowest BCUT2D eigenvalue weighted by Crippen LogP contribution is -2.34. The molecular weight excluding hydrogens is 336 g/mol. The molecule has 1 aromatic carbocycles. The molecule has 2 N–H and O–H groups in total. The van der Waals surface area contributed by atoms with Gasteiger partial charge in [0.05, 0.1) is 18.6 Å². The minimum atomic E-state index is -0.0842. The maximum Gasteiger partial charge on any atom is 0.251 e. The summed E-state index contributed by atoms with van der Waals surface area (Å²) in [4.78, 5) is 25.4. The van der Waals surface area contributed by atoms with Gasteiger partial charge in [-0.15, -0.1) is 0 Å². The SMILES string of the molecule is CNC(=O)c1ccc(N2CNc3cnc(N4CCSCC4)nc32)cc1. The maximum atomic E-state index is 11.7. The lowest BCUT2D eigenvalue weighted by atomic mass is 10.2. The number of benzene rings is 1. The van der Waals surface area contributed by atoms with Crippen molar-refractivity contribution in [3.8, 4) is 0 Å². The van der Waals surface area contributed by atoms with Crippen LogP contribution >= 0.6 is 11.8 Å². The Balaban J connectivity index is 1.61. The molecule has 3 heterocycles. The van der Waals surface area contributed by atoms with E-state index < -0.39 is 0 Å². The molecule has 1 saturated heterocycles. The van der Waals surface area contributed by atoms with Gasteiger partial charge in [-0.1, -0.05) is 0 Å². The molecule has 7 nitrogen and oxygen atoms in total. The van der Waals surface area contributed by atoms with E-state index in [2.05, 4.69) is 25.4 Å². The zero-order valence-corrected chi connectivity index (χ0v) is 14.8. The first-order chi connectivity index (χ1) is 12.3. The predicted molar refractivity (Wildman–Crippen MR) is 102 cm³/mol. The predicted octanol–water partition coefficient (Wildman–Crippen LogP) is 1.91. The number of carbonyl (C=O) groups excluding carboxylic acids is 1. The summed E-state index contributed by atoms with van der Waals surface area (Å²) < 4.78 is 0. The van der Waals surface area contributed by atoms with Gasteiger partial charge in [0.25, 0.3) is 5.91 Å². The third kappa shape index (κ3) is 3.09. The van der Waals surface area contributed by atoms with Gasteiger partial charge < -0.3 is 20.4 Å². The fraction of sp³-hybridized carbons (Fsp3) is 0.353. The summed E-state index contributed by atoms with van der Waals surface area (Å²) in [5, 5.41) is 5.96. The summed E-state index contributed by atoms with van der Waals surface area (Å²) in [6.45, 7) is 2.61. The summed E-state index contributed by atoms with van der Waals surface area (Å²) >= 11 is 1.97. The zero-order valence-electron chi connectivity index (χ0n) is 14.0. The fourth-order valence-electron chi connectivity index (χ4n) is 3.00. The third-order valence-corrected chi connectivity index (χ3v) is 5.34. The monoisotopic (exact) mass is 356 g/mol. The normalized spacial score (nSPS) is 16.4. The Morgan fingerprint density at radius 1 is 1.24 bits per heavy atom. The molecule has 2 aromatic rings. The number of carbonyl (C=O) groups is 1. The van der Waals surface area contributed by atoms with Crippen molar-refractivity contribution in [1.29, 1.82) is 0 Å². The van der Waals surface area contributed by atoms with Crippen LogP contribution in [0.5, 0.6) is 0 Å². The number of aromatic nitrogens is 2. The van der Waals surface area contributed by atoms with E-state index in [9.17, 15) is 4.79 Å². The number of hydrogen-bond donors (Lipinski definition) is 2. The molecule has 0 unspecified atom stereocenters. The Kier molecular flexibility index (Phi) is 4.35. The number of nitrogens with zero attached hydrogens (tertiary/aromatic N) is 4. The first kappa shape index (κ1) is 16.0. The Morgan fingerprint density at radius 3 is 2.72 bits per heavy atom. The van der Waals surface area contributed by atoms with Crippen molar-refractivity contribution >= 4 is 40.8 Å². The number of fused-ring (bicyclic) bond motifs is 1. The van der Waals surface area contributed by atoms with Crippen molar-refractivity contribution in [2.75, 3.05) is 53.4 Å². The molecular formula is C17H20N6OS. The number of amides is 1. The molecule has 0 spiro atoms. The lowest BCUT2D eigenvalue weighted by Gasteiger charge is -2.27. The highest BCUT2D eigenvalue weighted by atomic mass is 32.2. The third-order valence-electron chi connectivity index (χ3n) is 4.40. The highest BCUT2D eigenvalue weighted by Gasteiger charge is 2.24. The van der Waals surface area contributed by atoms with Crippen LogP contribution in [0.2, 0.25) is 0 Å². The second kappa shape index (κ2) is 6.79. The smallest absolute Gasteiger partial charge is 0.251 e. The second-order valence-electron chi connectivity index (χ2n) is 5.90. The molecule has 25 heavy (non-hydrogen) atoms. The molecule has 2 aliphatic rings. The van der Waals surface area contributed by atoms with Gasteiger partial charge in [-0.25, -0.2) is 4.98 Å². The second-order valence-corrected chi connectivity index (χ2v) is 7.12. The molecule has 4 rings (SSSR count). The van der Waals surface area contributed by atoms with Gasteiger partial charge in [0.1, 0.15) is 0 Å². The van der Waals surface area contributed by atoms with E-state index in [1.54, 1.807) is 7.05 Å². The molecule has 2 aliphatic heterocycles. The maximum absolute atomic E-state index is 11.7. The molecule has 130 valence electrons. The van der Waals surface area contributed by atoms with Gasteiger partial charge in [0.15, 0.2) is 5.82 Å². The van der Waals surface area contributed by atoms with Gasteiger partial charge in [0.2, 0.25) is 5.95 Å². The van der Waals surface area contributed by atoms with Crippen LogP contribution in [0.3, 0.4) is 0 Å². The molecule has 1 aromatic heterocycles. The van der Waals surface area contributed by atoms with Crippen molar-refractivity contribution in [2.24, 2.45) is 0 Å². The van der Waals surface area contributed by atoms with Crippen LogP contribution in [-0.4, -0.2) is 54.2 Å². The quantitative estimate of drug-likeness (QED) is 0.870. The molecule has 0 bridgehead atoms. The summed E-state index contributed by atoms with van der Waals surface area (Å²) in [5.74, 6) is 3.82. The summed E-state index contributed by atoms with van der Waals surface area (Å²) in [6.07, 6.45) is 1.86. The van der Waals surface area contributed by atoms with Crippen LogP contribution < -0.4 is 20.4 Å². The minimum Gasteiger partial charge on any atom is -0.363 e. The first-order valence-corrected chi connectivity index (χ1v) is 9.45. The van der Waals surface area contributed by atoms with Crippen molar-refractivity contribution in [3.63, 3.8) is 0 Å². The van der Waals surface area contributed by atoms with Crippen molar-refractivity contribution in [2.45, 2.75) is 0 Å². The highest BCUT2D eigenvalue weighted by Crippen LogP contribution is 2.35. The van der Waals surface area contributed by atoms with Crippen LogP contribution in [0.25, 0.3) is 0 Å². The number of nitrogens with one attached hydrogen (secondary N) is 2. The largest absolute Gasteiger partial charge is 0.363 e. The molecule has 8 heteroatoms. The Labute approximate surface area is 150 Å². The van der Waals surface area contributed by atoms with Gasteiger partial charge >= 0.3 is 0 Å². The van der Waals surface area contributed by atoms with Crippen molar-refractivity contribution in [3.05, 3.63) is 36.0 Å². The van der Waals surface area contributed by atoms with E-state index in [0.29, 0.717) is 12.2 Å². The standard InChI is InChI=1S/C17H20N6OS/c1-18-16(24)12-2-4-13(5-3-12)23-11-20-14-10-19-17(21-15(14)23)22-6-8-25-9-7-22/h2-5,10,20H,6-9,11H2,1H3,(H,18,24). The van der Waals surface area contributed by atoms with Crippen LogP contribution in [0, 0.1) is 0 Å². The topological polar surface area (TPSA) is 73.4 Å². The minimum absolute atomic E-state index is 0.0842. The average molecular weight is 356 g/mol. The van der Waals surface area contributed by atoms with E-state index in [-0.39, 0.29) is 5.91 Å². The van der Waals surface area contributed by atoms with Crippen LogP contribution in [0.1, 0.15) is 10.4 Å². The average Bonchev–Trinajstić information content (AvgIpc) is 3.11. The molecule has 0 atom stereocenters. The van der Waals surface area contributed by atoms with E-state index in [1.807, 2.05) is 42.2 Å². The summed E-state index contributed by atoms with van der Waals surface area (Å²) in [6, 6.07) is 7.55. The number of thioether (sulfide) groups is 1. The highest BCUT2D eigenvalue weighted by molar-refractivity contribution is 7.99. The van der Waals surface area contributed by atoms with Gasteiger partial charge in [-0.3, -0.25) is 4.79 Å². The van der Waals surface area contributed by atoms with Crippen molar-refractivity contribution < 1.29 is 4.79 Å². The van der Waals surface area contributed by atoms with Crippen LogP contribution in [0.15, 0.2) is 30.5 Å². The fourth-order valence-corrected chi connectivity index (χ4v) is 3.90. The summed E-state index contributed by atoms with van der Waals surface area (Å²) in [5.41, 5.74) is 2.58. The number of rotatable bonds is 3. The molecule has 0 radical (unpaired) electrons. The number of hydrogen-bond acceptors (Lipinski definition) is 7. The van der Waals surface area contributed by atoms with Crippen molar-refractivity contribution in [1.82, 2.24) is 15.3 Å². The molecule has 0 saturated carbocycles. The van der Waals surface area contributed by atoms with Gasteiger partial charge in [-0.05, 0) is 24.3 Å². The van der Waals surface area contributed by atoms with Gasteiger partial charge in [0, 0.05) is 42.9 Å². The molecule has 0 aliphatic carbocycles. The van der Waals surface area contributed by atoms with Crippen LogP contribution in [-0.2, 0) is 0 Å². The van der Waals surface area contributed by atoms with E-state index in [0.717, 1.165) is 47.7 Å². The number of anilines is 4. The lowest BCUT2D eigenvalue weighted by molar-refractivity contribution is 0.0963. The van der Waals surface area contributed by atoms with Crippen LogP contribution in [0.4, 0.5) is 23.1 Å². The van der Waals surface area contributed by atoms with E-state index in [4.69, 9.17) is 4.98 Å². The van der Waals surface area contributed by atoms with E-state index in [1.165, 1.54) is 0 Å². The summed E-state index contributed by atoms with van der Waals surface area (Å²) in [7, 11) is 1.63. The molecule has 1 amide bonds. The van der Waals surface area contributed by atoms with E-state index >= 15 is 0 Å². The molecule has 1 fully saturated rings. The zero-order chi connectivity index (χ0) is 17.2.